The van der Waals surface area contributed by atoms with Gasteiger partial charge in [-0.05, 0) is 42.0 Å². The summed E-state index contributed by atoms with van der Waals surface area (Å²) < 4.78 is 0. The van der Waals surface area contributed by atoms with E-state index >= 15 is 0 Å². The summed E-state index contributed by atoms with van der Waals surface area (Å²) in [6.45, 7) is 11.9. The van der Waals surface area contributed by atoms with Gasteiger partial charge in [0, 0.05) is 20.0 Å². The number of rotatable bonds is 3. The average Bonchev–Trinajstić information content (AvgIpc) is 2.39. The molecule has 0 spiro atoms. The zero-order valence-electron chi connectivity index (χ0n) is 12.7. The minimum absolute atomic E-state index is 0.645. The highest BCUT2D eigenvalue weighted by Gasteiger charge is 2.15. The van der Waals surface area contributed by atoms with Crippen molar-refractivity contribution < 1.29 is 0 Å². The molecule has 2 nitrogen and oxygen atoms in total. The van der Waals surface area contributed by atoms with Gasteiger partial charge in [0.25, 0.3) is 0 Å². The van der Waals surface area contributed by atoms with Gasteiger partial charge in [0.2, 0.25) is 0 Å². The van der Waals surface area contributed by atoms with E-state index in [1.54, 1.807) is 17.2 Å². The Morgan fingerprint density at radius 3 is 2.58 bits per heavy atom. The van der Waals surface area contributed by atoms with Crippen molar-refractivity contribution in [2.45, 2.75) is 53.0 Å². The van der Waals surface area contributed by atoms with Crippen LogP contribution in [0, 0.1) is 11.3 Å². The first-order chi connectivity index (χ1) is 9.12. The maximum Gasteiger partial charge on any atom is 0.0587 e. The maximum absolute atomic E-state index is 7.32. The van der Waals surface area contributed by atoms with E-state index in [0.717, 1.165) is 6.54 Å². The molecule has 104 valence electrons. The van der Waals surface area contributed by atoms with Crippen LogP contribution in [0.1, 0.15) is 56.7 Å². The normalized spacial score (nSPS) is 14.3. The molecule has 2 heteroatoms. The summed E-state index contributed by atoms with van der Waals surface area (Å²) in [6, 6.07) is 8.81. The zero-order chi connectivity index (χ0) is 14.3. The molecule has 0 fully saturated rings. The number of benzene rings is 1. The fraction of sp³-hybridized carbons (Fsp3) is 0.588. The van der Waals surface area contributed by atoms with E-state index in [9.17, 15) is 0 Å². The molecule has 0 atom stereocenters. The lowest BCUT2D eigenvalue weighted by Gasteiger charge is -2.29. The Kier molecular flexibility index (Phi) is 6.59. The number of nitriles is 1. The summed E-state index contributed by atoms with van der Waals surface area (Å²) in [6.07, 6.45) is 2.49. The van der Waals surface area contributed by atoms with Crippen LogP contribution in [0.25, 0.3) is 0 Å². The first-order valence-corrected chi connectivity index (χ1v) is 7.27. The van der Waals surface area contributed by atoms with E-state index in [-0.39, 0.29) is 0 Å². The predicted octanol–water partition coefficient (Wildman–Crippen LogP) is 4.11. The summed E-state index contributed by atoms with van der Waals surface area (Å²) in [7, 11) is 0. The monoisotopic (exact) mass is 258 g/mol. The molecular formula is C17H26N2. The van der Waals surface area contributed by atoms with Gasteiger partial charge in [-0.15, -0.1) is 0 Å². The highest BCUT2D eigenvalue weighted by Crippen LogP contribution is 2.23. The van der Waals surface area contributed by atoms with E-state index in [1.165, 1.54) is 38.4 Å². The SMILES string of the molecule is CC#N.CCCN1CCc2ccc(C(C)C)cc2C1. The Hall–Kier alpha value is -1.33. The number of hydrogen-bond acceptors (Lipinski definition) is 2. The van der Waals surface area contributed by atoms with E-state index in [2.05, 4.69) is 43.9 Å². The number of hydrogen-bond donors (Lipinski definition) is 0. The second kappa shape index (κ2) is 7.96. The van der Waals surface area contributed by atoms with Gasteiger partial charge in [0.1, 0.15) is 0 Å². The highest BCUT2D eigenvalue weighted by atomic mass is 15.1. The third-order valence-corrected chi connectivity index (χ3v) is 3.53. The van der Waals surface area contributed by atoms with Gasteiger partial charge in [-0.2, -0.15) is 5.26 Å². The molecule has 1 heterocycles. The lowest BCUT2D eigenvalue weighted by Crippen LogP contribution is -2.31. The molecule has 1 aromatic rings. The second-order valence-corrected chi connectivity index (χ2v) is 5.43. The van der Waals surface area contributed by atoms with Crippen LogP contribution in [-0.2, 0) is 13.0 Å². The first-order valence-electron chi connectivity index (χ1n) is 7.27. The highest BCUT2D eigenvalue weighted by molar-refractivity contribution is 5.35. The lowest BCUT2D eigenvalue weighted by atomic mass is 9.93. The number of nitrogens with zero attached hydrogens (tertiary/aromatic N) is 2. The fourth-order valence-corrected chi connectivity index (χ4v) is 2.50. The first kappa shape index (κ1) is 15.7. The maximum atomic E-state index is 7.32. The van der Waals surface area contributed by atoms with E-state index in [4.69, 9.17) is 5.26 Å². The van der Waals surface area contributed by atoms with Crippen LogP contribution < -0.4 is 0 Å². The van der Waals surface area contributed by atoms with E-state index < -0.39 is 0 Å². The third-order valence-electron chi connectivity index (χ3n) is 3.53. The van der Waals surface area contributed by atoms with E-state index in [1.807, 2.05) is 0 Å². The Bertz CT molecular complexity index is 429. The molecule has 0 radical (unpaired) electrons. The predicted molar refractivity (Wildman–Crippen MR) is 81.1 cm³/mol. The average molecular weight is 258 g/mol. The molecule has 0 unspecified atom stereocenters. The Morgan fingerprint density at radius 2 is 2.00 bits per heavy atom. The molecule has 0 bridgehead atoms. The molecule has 0 aromatic heterocycles. The summed E-state index contributed by atoms with van der Waals surface area (Å²) in [4.78, 5) is 2.58. The van der Waals surface area contributed by atoms with Crippen molar-refractivity contribution >= 4 is 0 Å². The molecule has 0 saturated carbocycles. The molecule has 0 N–H and O–H groups in total. The van der Waals surface area contributed by atoms with Gasteiger partial charge in [0.05, 0.1) is 6.07 Å². The van der Waals surface area contributed by atoms with Crippen LogP contribution in [-0.4, -0.2) is 18.0 Å². The van der Waals surface area contributed by atoms with Crippen LogP contribution in [0.4, 0.5) is 0 Å². The van der Waals surface area contributed by atoms with Crippen molar-refractivity contribution in [2.24, 2.45) is 0 Å². The molecule has 1 aliphatic heterocycles. The molecule has 1 aromatic carbocycles. The minimum Gasteiger partial charge on any atom is -0.299 e. The molecule has 0 amide bonds. The molecule has 0 aliphatic carbocycles. The van der Waals surface area contributed by atoms with Gasteiger partial charge in [0.15, 0.2) is 0 Å². The second-order valence-electron chi connectivity index (χ2n) is 5.43. The quantitative estimate of drug-likeness (QED) is 0.816. The topological polar surface area (TPSA) is 27.0 Å². The van der Waals surface area contributed by atoms with Crippen LogP contribution in [0.5, 0.6) is 0 Å². The van der Waals surface area contributed by atoms with Gasteiger partial charge in [-0.3, -0.25) is 4.90 Å². The minimum atomic E-state index is 0.645. The van der Waals surface area contributed by atoms with Crippen LogP contribution in [0.15, 0.2) is 18.2 Å². The van der Waals surface area contributed by atoms with Crippen LogP contribution in [0.3, 0.4) is 0 Å². The number of fused-ring (bicyclic) bond motifs is 1. The van der Waals surface area contributed by atoms with Crippen molar-refractivity contribution in [3.8, 4) is 6.07 Å². The fourth-order valence-electron chi connectivity index (χ4n) is 2.50. The largest absolute Gasteiger partial charge is 0.299 e. The summed E-state index contributed by atoms with van der Waals surface area (Å²) in [5.41, 5.74) is 4.61. The standard InChI is InChI=1S/C15H23N.C2H3N/c1-4-8-16-9-7-13-5-6-14(12(2)3)10-15(13)11-16;1-2-3/h5-6,10,12H,4,7-9,11H2,1-3H3;1H3. The van der Waals surface area contributed by atoms with Crippen molar-refractivity contribution in [2.75, 3.05) is 13.1 Å². The summed E-state index contributed by atoms with van der Waals surface area (Å²) in [5, 5.41) is 7.32. The Labute approximate surface area is 118 Å². The molecule has 19 heavy (non-hydrogen) atoms. The zero-order valence-corrected chi connectivity index (χ0v) is 12.7. The summed E-state index contributed by atoms with van der Waals surface area (Å²) >= 11 is 0. The smallest absolute Gasteiger partial charge is 0.0587 e. The van der Waals surface area contributed by atoms with E-state index in [0.29, 0.717) is 5.92 Å². The van der Waals surface area contributed by atoms with Crippen molar-refractivity contribution in [1.82, 2.24) is 4.90 Å². The van der Waals surface area contributed by atoms with Crippen molar-refractivity contribution in [3.63, 3.8) is 0 Å². The Morgan fingerprint density at radius 1 is 1.32 bits per heavy atom. The lowest BCUT2D eigenvalue weighted by molar-refractivity contribution is 0.254. The van der Waals surface area contributed by atoms with Gasteiger partial charge in [-0.1, -0.05) is 39.0 Å². The Balaban J connectivity index is 0.000000550. The van der Waals surface area contributed by atoms with Crippen LogP contribution >= 0.6 is 0 Å². The molecule has 1 aliphatic rings. The van der Waals surface area contributed by atoms with Gasteiger partial charge in [-0.25, -0.2) is 0 Å². The van der Waals surface area contributed by atoms with Gasteiger partial charge < -0.3 is 0 Å². The molecule has 2 rings (SSSR count). The van der Waals surface area contributed by atoms with Crippen LogP contribution in [0.2, 0.25) is 0 Å². The third kappa shape index (κ3) is 4.69. The van der Waals surface area contributed by atoms with Crippen molar-refractivity contribution in [3.05, 3.63) is 34.9 Å². The van der Waals surface area contributed by atoms with Crippen molar-refractivity contribution in [1.29, 1.82) is 5.26 Å². The summed E-state index contributed by atoms with van der Waals surface area (Å²) in [5.74, 6) is 0.645. The molecule has 0 saturated heterocycles. The van der Waals surface area contributed by atoms with Gasteiger partial charge >= 0.3 is 0 Å². The molecular weight excluding hydrogens is 232 g/mol.